The van der Waals surface area contributed by atoms with Crippen molar-refractivity contribution in [2.24, 2.45) is 5.92 Å². The van der Waals surface area contributed by atoms with Crippen LogP contribution in [0, 0.1) is 11.7 Å². The Balaban J connectivity index is 1.47. The van der Waals surface area contributed by atoms with Gasteiger partial charge in [-0.15, -0.1) is 0 Å². The van der Waals surface area contributed by atoms with Gasteiger partial charge in [0.1, 0.15) is 5.82 Å². The van der Waals surface area contributed by atoms with Crippen LogP contribution in [0.15, 0.2) is 78.9 Å². The van der Waals surface area contributed by atoms with Gasteiger partial charge in [-0.1, -0.05) is 59.9 Å². The molecule has 2 amide bonds. The van der Waals surface area contributed by atoms with Crippen molar-refractivity contribution < 1.29 is 14.0 Å². The Kier molecular flexibility index (Phi) is 5.41. The number of halogens is 1. The minimum absolute atomic E-state index is 0.0689. The van der Waals surface area contributed by atoms with Crippen LogP contribution in [0.2, 0.25) is 0 Å². The van der Waals surface area contributed by atoms with E-state index in [0.717, 1.165) is 11.3 Å². The van der Waals surface area contributed by atoms with Crippen molar-refractivity contribution in [2.45, 2.75) is 13.0 Å². The highest BCUT2D eigenvalue weighted by Crippen LogP contribution is 2.33. The molecule has 2 heterocycles. The second kappa shape index (κ2) is 8.51. The molecule has 1 fully saturated rings. The number of amides is 2. The first-order valence-corrected chi connectivity index (χ1v) is 11.2. The number of thiazole rings is 1. The Morgan fingerprint density at radius 1 is 1.06 bits per heavy atom. The average molecular weight is 446 g/mol. The second-order valence-corrected chi connectivity index (χ2v) is 8.77. The summed E-state index contributed by atoms with van der Waals surface area (Å²) in [5.74, 6) is -1.04. The van der Waals surface area contributed by atoms with Crippen molar-refractivity contribution in [1.29, 1.82) is 0 Å². The highest BCUT2D eigenvalue weighted by Gasteiger charge is 2.38. The molecule has 160 valence electrons. The zero-order valence-corrected chi connectivity index (χ0v) is 18.0. The highest BCUT2D eigenvalue weighted by molar-refractivity contribution is 7.22. The molecule has 1 unspecified atom stereocenters. The fourth-order valence-corrected chi connectivity index (χ4v) is 4.95. The van der Waals surface area contributed by atoms with E-state index in [4.69, 9.17) is 0 Å². The first kappa shape index (κ1) is 20.3. The Hall–Kier alpha value is -3.58. The summed E-state index contributed by atoms with van der Waals surface area (Å²) in [6, 6.07) is 23.4. The van der Waals surface area contributed by atoms with Crippen LogP contribution in [0.25, 0.3) is 10.2 Å². The summed E-state index contributed by atoms with van der Waals surface area (Å²) in [7, 11) is 0. The topological polar surface area (TPSA) is 53.5 Å². The summed E-state index contributed by atoms with van der Waals surface area (Å²) in [5.41, 5.74) is 2.39. The predicted molar refractivity (Wildman–Crippen MR) is 124 cm³/mol. The SMILES string of the molecule is O=C1CC(C(=O)N(Cc2ccccc2)c2nc3ccc(F)cc3s2)CN1c1ccccc1. The minimum atomic E-state index is -0.477. The van der Waals surface area contributed by atoms with E-state index in [0.29, 0.717) is 28.4 Å². The molecule has 5 nitrogen and oxygen atoms in total. The summed E-state index contributed by atoms with van der Waals surface area (Å²) >= 11 is 1.28. The number of anilines is 2. The number of carbonyl (C=O) groups is 2. The number of aromatic nitrogens is 1. The smallest absolute Gasteiger partial charge is 0.234 e. The zero-order valence-electron chi connectivity index (χ0n) is 17.1. The van der Waals surface area contributed by atoms with Crippen LogP contribution >= 0.6 is 11.3 Å². The molecule has 4 aromatic rings. The summed E-state index contributed by atoms with van der Waals surface area (Å²) in [4.78, 5) is 34.2. The highest BCUT2D eigenvalue weighted by atomic mass is 32.1. The van der Waals surface area contributed by atoms with Crippen LogP contribution < -0.4 is 9.80 Å². The van der Waals surface area contributed by atoms with Gasteiger partial charge < -0.3 is 4.90 Å². The van der Waals surface area contributed by atoms with Gasteiger partial charge in [0.05, 0.1) is 22.7 Å². The summed E-state index contributed by atoms with van der Waals surface area (Å²) in [6.45, 7) is 0.657. The fourth-order valence-electron chi connectivity index (χ4n) is 3.96. The Bertz CT molecular complexity index is 1280. The molecule has 5 rings (SSSR count). The Morgan fingerprint density at radius 3 is 2.53 bits per heavy atom. The number of hydrogen-bond donors (Lipinski definition) is 0. The van der Waals surface area contributed by atoms with Gasteiger partial charge in [-0.25, -0.2) is 9.37 Å². The molecule has 0 spiro atoms. The maximum atomic E-state index is 13.7. The van der Waals surface area contributed by atoms with Crippen molar-refractivity contribution in [3.05, 3.63) is 90.2 Å². The molecule has 0 radical (unpaired) electrons. The molecular weight excluding hydrogens is 425 g/mol. The lowest BCUT2D eigenvalue weighted by molar-refractivity contribution is -0.124. The number of nitrogens with zero attached hydrogens (tertiary/aromatic N) is 3. The van der Waals surface area contributed by atoms with Gasteiger partial charge in [-0.05, 0) is 35.9 Å². The molecule has 1 atom stereocenters. The van der Waals surface area contributed by atoms with Crippen LogP contribution in [0.5, 0.6) is 0 Å². The van der Waals surface area contributed by atoms with Crippen molar-refractivity contribution >= 4 is 44.2 Å². The molecule has 0 aliphatic carbocycles. The van der Waals surface area contributed by atoms with E-state index < -0.39 is 5.92 Å². The third-order valence-corrected chi connectivity index (χ3v) is 6.60. The van der Waals surface area contributed by atoms with E-state index >= 15 is 0 Å². The first-order chi connectivity index (χ1) is 15.6. The van der Waals surface area contributed by atoms with Gasteiger partial charge in [0.2, 0.25) is 11.8 Å². The number of rotatable bonds is 5. The van der Waals surface area contributed by atoms with Crippen molar-refractivity contribution in [3.63, 3.8) is 0 Å². The summed E-state index contributed by atoms with van der Waals surface area (Å²) in [6.07, 6.45) is 0.151. The number of para-hydroxylation sites is 1. The number of carbonyl (C=O) groups excluding carboxylic acids is 2. The van der Waals surface area contributed by atoms with E-state index in [1.165, 1.54) is 23.5 Å². The molecule has 1 aromatic heterocycles. The molecule has 0 bridgehead atoms. The van der Waals surface area contributed by atoms with E-state index in [1.54, 1.807) is 15.9 Å². The van der Waals surface area contributed by atoms with Crippen LogP contribution in [0.3, 0.4) is 0 Å². The van der Waals surface area contributed by atoms with Crippen molar-refractivity contribution in [3.8, 4) is 0 Å². The molecule has 3 aromatic carbocycles. The molecule has 32 heavy (non-hydrogen) atoms. The molecule has 7 heteroatoms. The lowest BCUT2D eigenvalue weighted by Crippen LogP contribution is -2.37. The predicted octanol–water partition coefficient (Wildman–Crippen LogP) is 5.02. The van der Waals surface area contributed by atoms with Crippen LogP contribution in [0.4, 0.5) is 15.2 Å². The standard InChI is InChI=1S/C25H20FN3O2S/c26-19-11-12-21-22(14-19)32-25(27-21)29(15-17-7-3-1-4-8-17)24(31)18-13-23(30)28(16-18)20-9-5-2-6-10-20/h1-12,14,18H,13,15-16H2. The number of hydrogen-bond acceptors (Lipinski definition) is 4. The van der Waals surface area contributed by atoms with Crippen molar-refractivity contribution in [1.82, 2.24) is 4.98 Å². The van der Waals surface area contributed by atoms with Crippen LogP contribution in [0.1, 0.15) is 12.0 Å². The summed E-state index contributed by atoms with van der Waals surface area (Å²) < 4.78 is 14.4. The van der Waals surface area contributed by atoms with Gasteiger partial charge in [0.25, 0.3) is 0 Å². The van der Waals surface area contributed by atoms with Crippen LogP contribution in [-0.2, 0) is 16.1 Å². The van der Waals surface area contributed by atoms with Crippen LogP contribution in [-0.4, -0.2) is 23.3 Å². The lowest BCUT2D eigenvalue weighted by Gasteiger charge is -2.23. The monoisotopic (exact) mass is 445 g/mol. The number of fused-ring (bicyclic) bond motifs is 1. The molecule has 1 aliphatic heterocycles. The molecule has 0 N–H and O–H groups in total. The van der Waals surface area contributed by atoms with Gasteiger partial charge in [0, 0.05) is 18.7 Å². The van der Waals surface area contributed by atoms with Gasteiger partial charge in [-0.3, -0.25) is 14.5 Å². The maximum Gasteiger partial charge on any atom is 0.234 e. The lowest BCUT2D eigenvalue weighted by atomic mass is 10.1. The largest absolute Gasteiger partial charge is 0.312 e. The zero-order chi connectivity index (χ0) is 22.1. The van der Waals surface area contributed by atoms with E-state index in [2.05, 4.69) is 4.98 Å². The number of benzene rings is 3. The van der Waals surface area contributed by atoms with Crippen molar-refractivity contribution in [2.75, 3.05) is 16.3 Å². The quantitative estimate of drug-likeness (QED) is 0.433. The molecule has 0 saturated carbocycles. The maximum absolute atomic E-state index is 13.7. The minimum Gasteiger partial charge on any atom is -0.312 e. The summed E-state index contributed by atoms with van der Waals surface area (Å²) in [5, 5.41) is 0.505. The van der Waals surface area contributed by atoms with E-state index in [1.807, 2.05) is 60.7 Å². The van der Waals surface area contributed by atoms with Gasteiger partial charge >= 0.3 is 0 Å². The third kappa shape index (κ3) is 3.99. The molecule has 1 aliphatic rings. The van der Waals surface area contributed by atoms with Gasteiger partial charge in [-0.2, -0.15) is 0 Å². The normalized spacial score (nSPS) is 16.0. The Morgan fingerprint density at radius 2 is 1.78 bits per heavy atom. The fraction of sp³-hybridized carbons (Fsp3) is 0.160. The second-order valence-electron chi connectivity index (χ2n) is 7.76. The molecule has 1 saturated heterocycles. The van der Waals surface area contributed by atoms with E-state index in [9.17, 15) is 14.0 Å². The molecular formula is C25H20FN3O2S. The van der Waals surface area contributed by atoms with Gasteiger partial charge in [0.15, 0.2) is 5.13 Å². The third-order valence-electron chi connectivity index (χ3n) is 5.56. The van der Waals surface area contributed by atoms with E-state index in [-0.39, 0.29) is 24.1 Å². The average Bonchev–Trinajstić information content (AvgIpc) is 3.41. The first-order valence-electron chi connectivity index (χ1n) is 10.4. The Labute approximate surface area is 188 Å².